The smallest absolute Gasteiger partial charge is 0.163 e. The Morgan fingerprint density at radius 2 is 0.966 bits per heavy atom. The number of nitrogens with zero attached hydrogens (tertiary/aromatic N) is 5. The molecule has 0 fully saturated rings. The number of hydrogen-bond acceptors (Lipinski definition) is 4. The summed E-state index contributed by atoms with van der Waals surface area (Å²) in [5.74, 6) is 1.99. The van der Waals surface area contributed by atoms with Crippen LogP contribution in [-0.2, 0) is 6.42 Å². The summed E-state index contributed by atoms with van der Waals surface area (Å²) in [5.41, 5.74) is 11.4. The highest BCUT2D eigenvalue weighted by atomic mass is 16.3. The van der Waals surface area contributed by atoms with E-state index in [-0.39, 0.29) is 0 Å². The predicted octanol–water partition coefficient (Wildman–Crippen LogP) is 12.9. The minimum absolute atomic E-state index is 0.469. The lowest BCUT2D eigenvalue weighted by molar-refractivity contribution is 0.673. The molecular weight excluding hydrogens is 711 g/mol. The molecule has 272 valence electrons. The fraction of sp³-hybridized carbons (Fsp3) is 0.0192. The van der Waals surface area contributed by atoms with Crippen LogP contribution in [0.25, 0.3) is 99.7 Å². The van der Waals surface area contributed by atoms with Gasteiger partial charge in [0.1, 0.15) is 17.0 Å². The van der Waals surface area contributed by atoms with E-state index < -0.39 is 0 Å². The summed E-state index contributed by atoms with van der Waals surface area (Å²) in [6, 6.07) is 65.9. The SMILES string of the molecule is c1ccc(-c2nc(Cc3cc(-n4c5ccccc5c5c6oc7ccccc7c6ccc54)ccc3-n3c4ccccc4c4ccccc43)nc(-c3ccccc3)n2)cc1. The summed E-state index contributed by atoms with van der Waals surface area (Å²) in [6.45, 7) is 0. The van der Waals surface area contributed by atoms with Gasteiger partial charge in [0, 0.05) is 55.9 Å². The molecule has 12 aromatic rings. The number of rotatable bonds is 6. The maximum absolute atomic E-state index is 6.63. The van der Waals surface area contributed by atoms with Gasteiger partial charge in [0.05, 0.1) is 27.5 Å². The van der Waals surface area contributed by atoms with Crippen LogP contribution in [0.3, 0.4) is 0 Å². The minimum atomic E-state index is 0.469. The van der Waals surface area contributed by atoms with E-state index in [0.717, 1.165) is 82.8 Å². The molecule has 0 aliphatic rings. The van der Waals surface area contributed by atoms with Gasteiger partial charge < -0.3 is 13.6 Å². The highest BCUT2D eigenvalue weighted by Gasteiger charge is 2.22. The zero-order valence-corrected chi connectivity index (χ0v) is 31.2. The maximum atomic E-state index is 6.63. The summed E-state index contributed by atoms with van der Waals surface area (Å²) in [5, 5.41) is 6.91. The molecule has 0 bridgehead atoms. The van der Waals surface area contributed by atoms with E-state index in [0.29, 0.717) is 23.9 Å². The zero-order chi connectivity index (χ0) is 38.2. The van der Waals surface area contributed by atoms with Crippen LogP contribution in [0.1, 0.15) is 11.4 Å². The van der Waals surface area contributed by atoms with Gasteiger partial charge in [-0.05, 0) is 60.2 Å². The third-order valence-electron chi connectivity index (χ3n) is 11.4. The van der Waals surface area contributed by atoms with Crippen molar-refractivity contribution in [1.82, 2.24) is 24.1 Å². The normalized spacial score (nSPS) is 11.9. The van der Waals surface area contributed by atoms with E-state index >= 15 is 0 Å². The molecule has 0 radical (unpaired) electrons. The molecule has 8 aromatic carbocycles. The average molecular weight is 744 g/mol. The molecule has 0 aliphatic heterocycles. The van der Waals surface area contributed by atoms with Crippen LogP contribution in [-0.4, -0.2) is 24.1 Å². The minimum Gasteiger partial charge on any atom is -0.455 e. The van der Waals surface area contributed by atoms with Gasteiger partial charge in [0.2, 0.25) is 0 Å². The van der Waals surface area contributed by atoms with Gasteiger partial charge in [0.25, 0.3) is 0 Å². The molecule has 0 amide bonds. The van der Waals surface area contributed by atoms with E-state index in [4.69, 9.17) is 19.4 Å². The van der Waals surface area contributed by atoms with Crippen molar-refractivity contribution >= 4 is 65.6 Å². The van der Waals surface area contributed by atoms with Crippen molar-refractivity contribution in [1.29, 1.82) is 0 Å². The Labute approximate surface area is 332 Å². The lowest BCUT2D eigenvalue weighted by Crippen LogP contribution is -2.08. The number of para-hydroxylation sites is 4. The first-order chi connectivity index (χ1) is 28.8. The van der Waals surface area contributed by atoms with E-state index in [1.807, 2.05) is 48.5 Å². The largest absolute Gasteiger partial charge is 0.455 e. The van der Waals surface area contributed by atoms with Gasteiger partial charge in [0.15, 0.2) is 11.6 Å². The molecule has 0 unspecified atom stereocenters. The fourth-order valence-corrected chi connectivity index (χ4v) is 8.87. The van der Waals surface area contributed by atoms with E-state index in [9.17, 15) is 0 Å². The number of fused-ring (bicyclic) bond motifs is 10. The van der Waals surface area contributed by atoms with Gasteiger partial charge >= 0.3 is 0 Å². The van der Waals surface area contributed by atoms with Crippen LogP contribution in [0.15, 0.2) is 192 Å². The predicted molar refractivity (Wildman–Crippen MR) is 236 cm³/mol. The highest BCUT2D eigenvalue weighted by Crippen LogP contribution is 2.41. The van der Waals surface area contributed by atoms with Crippen LogP contribution in [0.5, 0.6) is 0 Å². The Balaban J connectivity index is 1.13. The van der Waals surface area contributed by atoms with Gasteiger partial charge in [-0.25, -0.2) is 15.0 Å². The molecule has 4 heterocycles. The summed E-state index contributed by atoms with van der Waals surface area (Å²) in [6.07, 6.45) is 0.469. The first-order valence-corrected chi connectivity index (χ1v) is 19.6. The average Bonchev–Trinajstić information content (AvgIpc) is 3.95. The zero-order valence-electron chi connectivity index (χ0n) is 31.2. The lowest BCUT2D eigenvalue weighted by Gasteiger charge is -2.17. The number of aromatic nitrogens is 5. The van der Waals surface area contributed by atoms with Crippen molar-refractivity contribution in [3.8, 4) is 34.2 Å². The monoisotopic (exact) mass is 743 g/mol. The molecule has 0 atom stereocenters. The summed E-state index contributed by atoms with van der Waals surface area (Å²) < 4.78 is 11.4. The highest BCUT2D eigenvalue weighted by molar-refractivity contribution is 6.23. The van der Waals surface area contributed by atoms with E-state index in [1.165, 1.54) is 10.8 Å². The number of benzene rings is 8. The van der Waals surface area contributed by atoms with Gasteiger partial charge in [-0.2, -0.15) is 0 Å². The Kier molecular flexibility index (Phi) is 7.19. The number of furan rings is 1. The van der Waals surface area contributed by atoms with Gasteiger partial charge in [-0.3, -0.25) is 0 Å². The summed E-state index contributed by atoms with van der Waals surface area (Å²) >= 11 is 0. The standard InChI is InChI=1S/C52H33N5O/c1-3-15-33(16-4-1)51-53-48(54-52(55-51)34-17-5-2-6-18-34)32-35-31-36(27-29-42(35)57-43-23-11-7-19-37(43)38-20-8-12-24-44(38)57)56-45-25-13-9-22-41(45)49-46(56)30-28-40-39-21-10-14-26-47(39)58-50(40)49/h1-31H,32H2. The molecule has 0 aliphatic carbocycles. The molecule has 0 saturated carbocycles. The fourth-order valence-electron chi connectivity index (χ4n) is 8.87. The van der Waals surface area contributed by atoms with Crippen molar-refractivity contribution < 1.29 is 4.42 Å². The van der Waals surface area contributed by atoms with Crippen LogP contribution in [0, 0.1) is 0 Å². The van der Waals surface area contributed by atoms with Crippen LogP contribution in [0.4, 0.5) is 0 Å². The second kappa shape index (κ2) is 12.9. The Bertz CT molecular complexity index is 3430. The third-order valence-corrected chi connectivity index (χ3v) is 11.4. The molecule has 6 nitrogen and oxygen atoms in total. The molecule has 0 saturated heterocycles. The Morgan fingerprint density at radius 1 is 0.414 bits per heavy atom. The van der Waals surface area contributed by atoms with Gasteiger partial charge in [-0.1, -0.05) is 133 Å². The van der Waals surface area contributed by atoms with Crippen molar-refractivity contribution in [3.63, 3.8) is 0 Å². The summed E-state index contributed by atoms with van der Waals surface area (Å²) in [7, 11) is 0. The van der Waals surface area contributed by atoms with Crippen molar-refractivity contribution in [2.75, 3.05) is 0 Å². The van der Waals surface area contributed by atoms with Crippen molar-refractivity contribution in [2.45, 2.75) is 6.42 Å². The molecule has 0 N–H and O–H groups in total. The Morgan fingerprint density at radius 3 is 1.62 bits per heavy atom. The molecular formula is C52H33N5O. The van der Waals surface area contributed by atoms with Crippen LogP contribution in [0.2, 0.25) is 0 Å². The molecule has 4 aromatic heterocycles. The first kappa shape index (κ1) is 32.4. The number of hydrogen-bond donors (Lipinski definition) is 0. The van der Waals surface area contributed by atoms with E-state index in [1.54, 1.807) is 0 Å². The van der Waals surface area contributed by atoms with Crippen molar-refractivity contribution in [3.05, 3.63) is 199 Å². The van der Waals surface area contributed by atoms with Crippen LogP contribution >= 0.6 is 0 Å². The second-order valence-corrected chi connectivity index (χ2v) is 14.8. The Hall–Kier alpha value is -7.83. The summed E-state index contributed by atoms with van der Waals surface area (Å²) in [4.78, 5) is 15.3. The molecule has 0 spiro atoms. The molecule has 58 heavy (non-hydrogen) atoms. The second-order valence-electron chi connectivity index (χ2n) is 14.8. The quantitative estimate of drug-likeness (QED) is 0.170. The third kappa shape index (κ3) is 5.02. The van der Waals surface area contributed by atoms with Gasteiger partial charge in [-0.15, -0.1) is 0 Å². The topological polar surface area (TPSA) is 61.7 Å². The maximum Gasteiger partial charge on any atom is 0.163 e. The first-order valence-electron chi connectivity index (χ1n) is 19.6. The van der Waals surface area contributed by atoms with E-state index in [2.05, 4.69) is 149 Å². The lowest BCUT2D eigenvalue weighted by atomic mass is 10.1. The molecule has 12 rings (SSSR count). The van der Waals surface area contributed by atoms with Crippen LogP contribution < -0.4 is 0 Å². The van der Waals surface area contributed by atoms with Crippen molar-refractivity contribution in [2.24, 2.45) is 0 Å². The molecule has 6 heteroatoms.